The van der Waals surface area contributed by atoms with Gasteiger partial charge in [-0.2, -0.15) is 0 Å². The zero-order valence-corrected chi connectivity index (χ0v) is 14.1. The Morgan fingerprint density at radius 3 is 2.22 bits per heavy atom. The Morgan fingerprint density at radius 1 is 1.17 bits per heavy atom. The molecule has 0 atom stereocenters. The lowest BCUT2D eigenvalue weighted by Crippen LogP contribution is -2.41. The van der Waals surface area contributed by atoms with Crippen LogP contribution in [0.3, 0.4) is 0 Å². The normalized spacial score (nSPS) is 13.0. The molecule has 0 aliphatic carbocycles. The van der Waals surface area contributed by atoms with Gasteiger partial charge in [0.1, 0.15) is 0 Å². The molecule has 105 valence electrons. The van der Waals surface area contributed by atoms with E-state index in [-0.39, 0.29) is 11.6 Å². The Bertz CT molecular complexity index is 366. The molecule has 1 N–H and O–H groups in total. The molecule has 0 amide bonds. The number of rotatable bonds is 6. The Labute approximate surface area is 116 Å². The predicted octanol–water partition coefficient (Wildman–Crippen LogP) is 3.85. The lowest BCUT2D eigenvalue weighted by Gasteiger charge is -2.48. The summed E-state index contributed by atoms with van der Waals surface area (Å²) in [4.78, 5) is 2.62. The van der Waals surface area contributed by atoms with Crippen LogP contribution in [0.1, 0.15) is 30.5 Å². The summed E-state index contributed by atoms with van der Waals surface area (Å²) < 4.78 is 6.16. The first-order valence-electron chi connectivity index (χ1n) is 6.59. The summed E-state index contributed by atoms with van der Waals surface area (Å²) in [5.74, 6) is 0. The molecule has 18 heavy (non-hydrogen) atoms. The number of hydrogen-bond donors (Lipinski definition) is 1. The van der Waals surface area contributed by atoms with Gasteiger partial charge in [0, 0.05) is 35.8 Å². The second kappa shape index (κ2) is 6.33. The number of thiophene rings is 1. The van der Waals surface area contributed by atoms with E-state index in [1.54, 1.807) is 11.3 Å². The highest BCUT2D eigenvalue weighted by atomic mass is 32.1. The van der Waals surface area contributed by atoms with Crippen LogP contribution in [0.5, 0.6) is 0 Å². The van der Waals surface area contributed by atoms with Gasteiger partial charge in [0.05, 0.1) is 0 Å². The predicted molar refractivity (Wildman–Crippen MR) is 82.0 cm³/mol. The summed E-state index contributed by atoms with van der Waals surface area (Å²) >= 11 is 1.79. The first-order valence-corrected chi connectivity index (χ1v) is 10.3. The van der Waals surface area contributed by atoms with Gasteiger partial charge in [-0.25, -0.2) is 0 Å². The van der Waals surface area contributed by atoms with Crippen molar-refractivity contribution >= 4 is 19.7 Å². The van der Waals surface area contributed by atoms with Crippen molar-refractivity contribution in [3.8, 4) is 0 Å². The van der Waals surface area contributed by atoms with Crippen molar-refractivity contribution in [2.24, 2.45) is 0 Å². The van der Waals surface area contributed by atoms with Crippen LogP contribution < -0.4 is 0 Å². The van der Waals surface area contributed by atoms with Crippen molar-refractivity contribution in [2.75, 3.05) is 13.2 Å². The van der Waals surface area contributed by atoms with E-state index in [1.807, 2.05) is 0 Å². The van der Waals surface area contributed by atoms with E-state index in [0.717, 1.165) is 19.4 Å². The molecule has 0 saturated heterocycles. The number of aliphatic hydroxyl groups excluding tert-OH is 1. The molecule has 4 heteroatoms. The molecule has 1 aromatic heterocycles. The molecule has 0 aliphatic rings. The van der Waals surface area contributed by atoms with Crippen molar-refractivity contribution in [3.63, 3.8) is 0 Å². The fourth-order valence-electron chi connectivity index (χ4n) is 1.42. The smallest absolute Gasteiger partial charge is 0.0479 e. The lowest BCUT2D eigenvalue weighted by atomic mass is 10.2. The average Bonchev–Trinajstić information content (AvgIpc) is 2.64. The van der Waals surface area contributed by atoms with Gasteiger partial charge >= 0.3 is 0 Å². The van der Waals surface area contributed by atoms with Crippen LogP contribution in [0.25, 0.3) is 0 Å². The van der Waals surface area contributed by atoms with E-state index in [1.165, 1.54) is 9.75 Å². The molecule has 1 heterocycles. The first-order chi connectivity index (χ1) is 8.26. The van der Waals surface area contributed by atoms with Crippen LogP contribution in [0.2, 0.25) is 18.1 Å². The summed E-state index contributed by atoms with van der Waals surface area (Å²) in [6.07, 6.45) is 1.76. The highest BCUT2D eigenvalue weighted by Crippen LogP contribution is 2.36. The molecule has 0 aliphatic heterocycles. The minimum atomic E-state index is -1.60. The molecule has 0 saturated carbocycles. The topological polar surface area (TPSA) is 29.5 Å². The minimum absolute atomic E-state index is 0.237. The fraction of sp³-hybridized carbons (Fsp3) is 0.714. The Kier molecular flexibility index (Phi) is 5.59. The monoisotopic (exact) mass is 286 g/mol. The van der Waals surface area contributed by atoms with Crippen LogP contribution in [0, 0.1) is 0 Å². The summed E-state index contributed by atoms with van der Waals surface area (Å²) in [7, 11) is -1.60. The Hall–Kier alpha value is -0.163. The number of aliphatic hydroxyl groups is 1. The molecule has 1 rings (SSSR count). The third-order valence-electron chi connectivity index (χ3n) is 3.69. The van der Waals surface area contributed by atoms with Gasteiger partial charge in [0.2, 0.25) is 0 Å². The third kappa shape index (κ3) is 4.50. The zero-order valence-electron chi connectivity index (χ0n) is 12.2. The maximum Gasteiger partial charge on any atom is 0.0479 e. The Balaban J connectivity index is 2.41. The maximum absolute atomic E-state index is 8.89. The van der Waals surface area contributed by atoms with Crippen LogP contribution >= 0.6 is 11.3 Å². The second-order valence-corrected chi connectivity index (χ2v) is 12.3. The fourth-order valence-corrected chi connectivity index (χ4v) is 3.46. The highest BCUT2D eigenvalue weighted by molar-refractivity contribution is 7.12. The van der Waals surface area contributed by atoms with Crippen molar-refractivity contribution in [2.45, 2.75) is 51.7 Å². The standard InChI is InChI=1S/C14H26O2SSi/c1-14(2,3)18(4,5)16-11-9-13-7-6-12(17-13)8-10-15/h6-7,15H,8-11H2,1-5H3/q-1. The molecule has 0 radical (unpaired) electrons. The van der Waals surface area contributed by atoms with E-state index in [9.17, 15) is 0 Å². The van der Waals surface area contributed by atoms with Crippen molar-refractivity contribution in [1.29, 1.82) is 0 Å². The molecular weight excluding hydrogens is 260 g/mol. The van der Waals surface area contributed by atoms with Gasteiger partial charge in [-0.1, -0.05) is 20.8 Å². The van der Waals surface area contributed by atoms with Gasteiger partial charge in [-0.05, 0) is 20.5 Å². The molecule has 0 spiro atoms. The zero-order chi connectivity index (χ0) is 13.8. The second-order valence-electron chi connectivity index (χ2n) is 6.20. The van der Waals surface area contributed by atoms with E-state index in [4.69, 9.17) is 9.53 Å². The SMILES string of the molecule is CC(C)(C)[Si-](C)(C)OCCc1ccc(CCO)s1. The minimum Gasteiger partial charge on any atom is -0.564 e. The van der Waals surface area contributed by atoms with Crippen molar-refractivity contribution in [1.82, 2.24) is 0 Å². The van der Waals surface area contributed by atoms with Crippen LogP contribution in [0.15, 0.2) is 12.1 Å². The molecule has 0 fully saturated rings. The van der Waals surface area contributed by atoms with Crippen molar-refractivity contribution < 1.29 is 9.53 Å². The largest absolute Gasteiger partial charge is 0.564 e. The summed E-state index contributed by atoms with van der Waals surface area (Å²) in [5.41, 5.74) is 0. The van der Waals surface area contributed by atoms with Crippen LogP contribution in [-0.2, 0) is 17.3 Å². The van der Waals surface area contributed by atoms with E-state index >= 15 is 0 Å². The first kappa shape index (κ1) is 15.9. The van der Waals surface area contributed by atoms with Gasteiger partial charge in [0.15, 0.2) is 0 Å². The van der Waals surface area contributed by atoms with E-state index < -0.39 is 8.32 Å². The van der Waals surface area contributed by atoms with Gasteiger partial charge in [-0.3, -0.25) is 0 Å². The van der Waals surface area contributed by atoms with Crippen LogP contribution in [-0.4, -0.2) is 26.6 Å². The Morgan fingerprint density at radius 2 is 1.72 bits per heavy atom. The highest BCUT2D eigenvalue weighted by Gasteiger charge is 2.24. The summed E-state index contributed by atoms with van der Waals surface area (Å²) in [6.45, 7) is 12.4. The van der Waals surface area contributed by atoms with Gasteiger partial charge in [0.25, 0.3) is 0 Å². The van der Waals surface area contributed by atoms with Crippen molar-refractivity contribution in [3.05, 3.63) is 21.9 Å². The molecule has 1 aromatic rings. The third-order valence-corrected chi connectivity index (χ3v) is 9.44. The van der Waals surface area contributed by atoms with E-state index in [2.05, 4.69) is 46.0 Å². The van der Waals surface area contributed by atoms with Gasteiger partial charge in [-0.15, -0.1) is 29.5 Å². The lowest BCUT2D eigenvalue weighted by molar-refractivity contribution is 0.293. The molecule has 0 bridgehead atoms. The summed E-state index contributed by atoms with van der Waals surface area (Å²) in [6, 6.07) is 4.27. The quantitative estimate of drug-likeness (QED) is 0.805. The number of hydrogen-bond acceptors (Lipinski definition) is 3. The van der Waals surface area contributed by atoms with Gasteiger partial charge < -0.3 is 9.53 Å². The maximum atomic E-state index is 8.89. The molecule has 0 aromatic carbocycles. The summed E-state index contributed by atoms with van der Waals surface area (Å²) in [5, 5.41) is 9.17. The molecular formula is C14H26O2SSi-. The molecule has 0 unspecified atom stereocenters. The van der Waals surface area contributed by atoms with E-state index in [0.29, 0.717) is 0 Å². The average molecular weight is 287 g/mol. The van der Waals surface area contributed by atoms with Crippen LogP contribution in [0.4, 0.5) is 0 Å². The molecule has 2 nitrogen and oxygen atoms in total.